The first-order valence-electron chi connectivity index (χ1n) is 9.73. The van der Waals surface area contributed by atoms with Crippen LogP contribution in [0.25, 0.3) is 0 Å². The van der Waals surface area contributed by atoms with Crippen molar-refractivity contribution in [3.05, 3.63) is 81.9 Å². The molecule has 0 aliphatic carbocycles. The number of phenols is 2. The summed E-state index contributed by atoms with van der Waals surface area (Å²) in [6.45, 7) is 3.90. The Morgan fingerprint density at radius 3 is 1.93 bits per heavy atom. The molecule has 0 radical (unpaired) electrons. The van der Waals surface area contributed by atoms with Crippen LogP contribution in [0.4, 0.5) is 0 Å². The van der Waals surface area contributed by atoms with Crippen molar-refractivity contribution >= 4 is 5.97 Å². The van der Waals surface area contributed by atoms with Gasteiger partial charge in [0.2, 0.25) is 0 Å². The van der Waals surface area contributed by atoms with Crippen LogP contribution in [0.1, 0.15) is 52.0 Å². The van der Waals surface area contributed by atoms with Gasteiger partial charge in [-0.3, -0.25) is 0 Å². The number of esters is 1. The second-order valence-corrected chi connectivity index (χ2v) is 7.38. The minimum absolute atomic E-state index is 0.122. The third-order valence-electron chi connectivity index (χ3n) is 5.87. The van der Waals surface area contributed by atoms with Crippen LogP contribution < -0.4 is 4.74 Å². The lowest BCUT2D eigenvalue weighted by atomic mass is 9.76. The molecule has 0 atom stereocenters. The van der Waals surface area contributed by atoms with Gasteiger partial charge in [0.25, 0.3) is 0 Å². The van der Waals surface area contributed by atoms with Crippen molar-refractivity contribution in [1.29, 1.82) is 0 Å². The Labute approximate surface area is 168 Å². The molecule has 0 aromatic heterocycles. The molecule has 2 heterocycles. The molecule has 1 spiro atoms. The molecule has 3 aromatic rings. The van der Waals surface area contributed by atoms with Crippen LogP contribution >= 0.6 is 0 Å². The van der Waals surface area contributed by atoms with E-state index in [1.807, 2.05) is 44.2 Å². The lowest BCUT2D eigenvalue weighted by molar-refractivity contribution is 0.0223. The largest absolute Gasteiger partial charge is 0.508 e. The van der Waals surface area contributed by atoms with Crippen molar-refractivity contribution in [3.63, 3.8) is 0 Å². The maximum Gasteiger partial charge on any atom is 0.340 e. The predicted octanol–water partition coefficient (Wildman–Crippen LogP) is 4.79. The van der Waals surface area contributed by atoms with E-state index >= 15 is 0 Å². The summed E-state index contributed by atoms with van der Waals surface area (Å²) in [6, 6.07) is 14.1. The Bertz CT molecular complexity index is 1120. The normalized spacial score (nSPS) is 15.3. The molecule has 5 nitrogen and oxygen atoms in total. The van der Waals surface area contributed by atoms with Gasteiger partial charge in [0.05, 0.1) is 5.56 Å². The zero-order valence-electron chi connectivity index (χ0n) is 16.2. The number of hydrogen-bond acceptors (Lipinski definition) is 5. The number of benzene rings is 3. The van der Waals surface area contributed by atoms with E-state index in [1.165, 1.54) is 0 Å². The summed E-state index contributed by atoms with van der Waals surface area (Å²) in [7, 11) is 0. The number of hydrogen-bond donors (Lipinski definition) is 2. The molecule has 0 amide bonds. The van der Waals surface area contributed by atoms with Crippen LogP contribution in [-0.2, 0) is 23.2 Å². The van der Waals surface area contributed by atoms with Crippen LogP contribution in [0.2, 0.25) is 0 Å². The number of phenolic OH excluding ortho intramolecular Hbond substituents is 2. The molecule has 0 saturated heterocycles. The lowest BCUT2D eigenvalue weighted by Gasteiger charge is -2.37. The van der Waals surface area contributed by atoms with E-state index in [2.05, 4.69) is 0 Å². The molecule has 0 saturated carbocycles. The van der Waals surface area contributed by atoms with Crippen molar-refractivity contribution < 1.29 is 24.5 Å². The van der Waals surface area contributed by atoms with Crippen LogP contribution in [-0.4, -0.2) is 16.2 Å². The molecular formula is C24H20O5. The van der Waals surface area contributed by atoms with Crippen LogP contribution in [0.15, 0.2) is 48.5 Å². The highest BCUT2D eigenvalue weighted by Crippen LogP contribution is 2.57. The third kappa shape index (κ3) is 2.24. The molecule has 0 fully saturated rings. The van der Waals surface area contributed by atoms with Gasteiger partial charge in [-0.2, -0.15) is 0 Å². The molecule has 2 aliphatic rings. The molecular weight excluding hydrogens is 368 g/mol. The standard InChI is InChI=1S/C24H20O5/c1-3-13-9-17-21(11-19(13)25)28-22-12-20(26)14(4-2)10-18(22)24(17)16-8-6-5-7-15(16)23(27)29-24/h5-12,25-26H,3-4H2,1-2H3. The number of aryl methyl sites for hydroxylation is 2. The van der Waals surface area contributed by atoms with E-state index < -0.39 is 11.6 Å². The van der Waals surface area contributed by atoms with Gasteiger partial charge in [-0.25, -0.2) is 4.79 Å². The molecule has 29 heavy (non-hydrogen) atoms. The van der Waals surface area contributed by atoms with E-state index in [0.717, 1.165) is 16.7 Å². The second-order valence-electron chi connectivity index (χ2n) is 7.38. The number of rotatable bonds is 2. The Balaban J connectivity index is 1.91. The average molecular weight is 388 g/mol. The first kappa shape index (κ1) is 17.6. The fourth-order valence-corrected chi connectivity index (χ4v) is 4.39. The summed E-state index contributed by atoms with van der Waals surface area (Å²) in [5.74, 6) is 0.645. The van der Waals surface area contributed by atoms with Crippen molar-refractivity contribution in [2.75, 3.05) is 0 Å². The van der Waals surface area contributed by atoms with Crippen molar-refractivity contribution in [2.24, 2.45) is 0 Å². The quantitative estimate of drug-likeness (QED) is 0.617. The van der Waals surface area contributed by atoms with Crippen LogP contribution in [0, 0.1) is 0 Å². The van der Waals surface area contributed by atoms with Crippen molar-refractivity contribution in [1.82, 2.24) is 0 Å². The van der Waals surface area contributed by atoms with E-state index in [9.17, 15) is 15.0 Å². The minimum atomic E-state index is -1.19. The molecule has 2 aliphatic heterocycles. The molecule has 5 heteroatoms. The van der Waals surface area contributed by atoms with Gasteiger partial charge >= 0.3 is 5.97 Å². The number of ether oxygens (including phenoxy) is 2. The zero-order chi connectivity index (χ0) is 20.3. The topological polar surface area (TPSA) is 76.0 Å². The molecule has 0 unspecified atom stereocenters. The Kier molecular flexibility index (Phi) is 3.65. The van der Waals surface area contributed by atoms with Gasteiger partial charge in [0.1, 0.15) is 23.0 Å². The zero-order valence-corrected chi connectivity index (χ0v) is 16.2. The number of carbonyl (C=O) groups is 1. The maximum absolute atomic E-state index is 12.8. The highest BCUT2D eigenvalue weighted by molar-refractivity contribution is 5.97. The molecule has 0 bridgehead atoms. The van der Waals surface area contributed by atoms with Gasteiger partial charge in [-0.05, 0) is 42.2 Å². The molecule has 5 rings (SSSR count). The second kappa shape index (κ2) is 6.01. The Hall–Kier alpha value is -3.47. The Morgan fingerprint density at radius 1 is 0.828 bits per heavy atom. The van der Waals surface area contributed by atoms with Crippen LogP contribution in [0.3, 0.4) is 0 Å². The summed E-state index contributed by atoms with van der Waals surface area (Å²) in [4.78, 5) is 12.8. The number of carbonyl (C=O) groups excluding carboxylic acids is 1. The molecule has 3 aromatic carbocycles. The molecule has 2 N–H and O–H groups in total. The maximum atomic E-state index is 12.8. The number of fused-ring (bicyclic) bond motifs is 6. The smallest absolute Gasteiger partial charge is 0.340 e. The fraction of sp³-hybridized carbons (Fsp3) is 0.208. The van der Waals surface area contributed by atoms with Gasteiger partial charge in [-0.1, -0.05) is 32.0 Å². The highest BCUT2D eigenvalue weighted by Gasteiger charge is 2.54. The van der Waals surface area contributed by atoms with Crippen molar-refractivity contribution in [2.45, 2.75) is 32.3 Å². The van der Waals surface area contributed by atoms with E-state index in [4.69, 9.17) is 9.47 Å². The van der Waals surface area contributed by atoms with E-state index in [-0.39, 0.29) is 11.5 Å². The predicted molar refractivity (Wildman–Crippen MR) is 107 cm³/mol. The SMILES string of the molecule is CCc1cc2c(cc1O)Oc1cc(O)c(CC)cc1C21OC(=O)c2ccccc21. The van der Waals surface area contributed by atoms with Gasteiger partial charge < -0.3 is 19.7 Å². The molecule has 146 valence electrons. The first-order valence-corrected chi connectivity index (χ1v) is 9.73. The van der Waals surface area contributed by atoms with Gasteiger partial charge in [-0.15, -0.1) is 0 Å². The van der Waals surface area contributed by atoms with E-state index in [1.54, 1.807) is 18.2 Å². The minimum Gasteiger partial charge on any atom is -0.508 e. The Morgan fingerprint density at radius 2 is 1.38 bits per heavy atom. The van der Waals surface area contributed by atoms with Crippen molar-refractivity contribution in [3.8, 4) is 23.0 Å². The first-order chi connectivity index (χ1) is 14.0. The summed E-state index contributed by atoms with van der Waals surface area (Å²) >= 11 is 0. The summed E-state index contributed by atoms with van der Waals surface area (Å²) in [5, 5.41) is 20.8. The number of aromatic hydroxyl groups is 2. The third-order valence-corrected chi connectivity index (χ3v) is 5.87. The summed E-state index contributed by atoms with van der Waals surface area (Å²) in [6.07, 6.45) is 1.24. The highest BCUT2D eigenvalue weighted by atomic mass is 16.6. The van der Waals surface area contributed by atoms with Crippen LogP contribution in [0.5, 0.6) is 23.0 Å². The summed E-state index contributed by atoms with van der Waals surface area (Å²) in [5.41, 5.74) is 2.87. The van der Waals surface area contributed by atoms with Gasteiger partial charge in [0.15, 0.2) is 5.60 Å². The lowest BCUT2D eigenvalue weighted by Crippen LogP contribution is -2.33. The van der Waals surface area contributed by atoms with E-state index in [0.29, 0.717) is 41.0 Å². The summed E-state index contributed by atoms with van der Waals surface area (Å²) < 4.78 is 12.2. The monoisotopic (exact) mass is 388 g/mol. The average Bonchev–Trinajstić information content (AvgIpc) is 3.01. The fourth-order valence-electron chi connectivity index (χ4n) is 4.39. The van der Waals surface area contributed by atoms with Gasteiger partial charge in [0, 0.05) is 28.8 Å².